The fourth-order valence-corrected chi connectivity index (χ4v) is 1.40. The average Bonchev–Trinajstić information content (AvgIpc) is 2.03. The molecule has 0 aliphatic carbocycles. The number of rotatable bonds is 6. The van der Waals surface area contributed by atoms with Crippen molar-refractivity contribution in [2.45, 2.75) is 20.3 Å². The van der Waals surface area contributed by atoms with Gasteiger partial charge < -0.3 is 18.1 Å². The lowest BCUT2D eigenvalue weighted by molar-refractivity contribution is 0.0206. The van der Waals surface area contributed by atoms with Crippen molar-refractivity contribution in [3.8, 4) is 0 Å². The molecule has 0 saturated carbocycles. The molecule has 0 rings (SSSR count). The van der Waals surface area contributed by atoms with E-state index < -0.39 is 9.05 Å². The van der Waals surface area contributed by atoms with Crippen LogP contribution in [0.2, 0.25) is 0 Å². The van der Waals surface area contributed by atoms with Gasteiger partial charge in [0.1, 0.15) is 0 Å². The van der Waals surface area contributed by atoms with E-state index in [4.69, 9.17) is 13.3 Å². The van der Waals surface area contributed by atoms with Gasteiger partial charge in [-0.2, -0.15) is 0 Å². The summed E-state index contributed by atoms with van der Waals surface area (Å²) in [6.45, 7) is 4.65. The van der Waals surface area contributed by atoms with Crippen molar-refractivity contribution in [3.63, 3.8) is 0 Å². The molecule has 0 aromatic rings. The lowest BCUT2D eigenvalue weighted by atomic mass is 10.2. The van der Waals surface area contributed by atoms with Gasteiger partial charge in [-0.15, -0.1) is 0 Å². The molecule has 1 N–H and O–H groups in total. The van der Waals surface area contributed by atoms with Crippen LogP contribution in [0.15, 0.2) is 0 Å². The molecule has 0 atom stereocenters. The Balaban J connectivity index is 3.58. The Labute approximate surface area is 74.9 Å². The molecule has 0 radical (unpaired) electrons. The molecule has 0 aromatic heterocycles. The third-order valence-electron chi connectivity index (χ3n) is 1.50. The summed E-state index contributed by atoms with van der Waals surface area (Å²) in [6, 6.07) is 0. The highest BCUT2D eigenvalue weighted by molar-refractivity contribution is 6.51. The zero-order valence-electron chi connectivity index (χ0n) is 8.16. The van der Waals surface area contributed by atoms with E-state index in [1.165, 1.54) is 14.2 Å². The van der Waals surface area contributed by atoms with Crippen molar-refractivity contribution in [1.29, 1.82) is 0 Å². The van der Waals surface area contributed by atoms with Gasteiger partial charge in [0.15, 0.2) is 0 Å². The van der Waals surface area contributed by atoms with Gasteiger partial charge in [0.25, 0.3) is 0 Å². The summed E-state index contributed by atoms with van der Waals surface area (Å²) in [5.74, 6) is 0.553. The van der Waals surface area contributed by atoms with Gasteiger partial charge in [0.05, 0.1) is 0 Å². The van der Waals surface area contributed by atoms with Gasteiger partial charge in [-0.1, -0.05) is 13.8 Å². The van der Waals surface area contributed by atoms with Gasteiger partial charge in [-0.3, -0.25) is 0 Å². The number of hydrogen-bond acceptors (Lipinski definition) is 4. The van der Waals surface area contributed by atoms with E-state index in [9.17, 15) is 4.80 Å². The van der Waals surface area contributed by atoms with Crippen LogP contribution in [-0.2, 0) is 13.3 Å². The van der Waals surface area contributed by atoms with Crippen LogP contribution in [0.5, 0.6) is 0 Å². The third kappa shape index (κ3) is 4.84. The van der Waals surface area contributed by atoms with Crippen molar-refractivity contribution in [2.75, 3.05) is 20.8 Å². The monoisotopic (exact) mass is 194 g/mol. The van der Waals surface area contributed by atoms with Crippen LogP contribution < -0.4 is 0 Å². The fraction of sp³-hybridized carbons (Fsp3) is 1.00. The van der Waals surface area contributed by atoms with E-state index in [1.54, 1.807) is 0 Å². The van der Waals surface area contributed by atoms with Crippen molar-refractivity contribution >= 4 is 9.05 Å². The van der Waals surface area contributed by atoms with E-state index in [0.29, 0.717) is 12.5 Å². The van der Waals surface area contributed by atoms with Crippen molar-refractivity contribution in [1.82, 2.24) is 0 Å². The highest BCUT2D eigenvalue weighted by Gasteiger charge is 2.38. The minimum atomic E-state index is -3.26. The largest absolute Gasteiger partial charge is 0.676 e. The molecule has 0 aromatic carbocycles. The first-order valence-electron chi connectivity index (χ1n) is 4.00. The van der Waals surface area contributed by atoms with Crippen LogP contribution in [-0.4, -0.2) is 34.7 Å². The minimum Gasteiger partial charge on any atom is -0.367 e. The second-order valence-electron chi connectivity index (χ2n) is 2.96. The molecule has 74 valence electrons. The van der Waals surface area contributed by atoms with Crippen LogP contribution in [0.3, 0.4) is 0 Å². The topological polar surface area (TPSA) is 47.9 Å². The summed E-state index contributed by atoms with van der Waals surface area (Å²) in [5.41, 5.74) is 0. The Bertz CT molecular complexity index is 114. The zero-order chi connectivity index (χ0) is 9.61. The van der Waals surface area contributed by atoms with Gasteiger partial charge >= 0.3 is 9.05 Å². The zero-order valence-corrected chi connectivity index (χ0v) is 9.16. The first kappa shape index (κ1) is 12.1. The Kier molecular flexibility index (Phi) is 5.69. The molecule has 0 aliphatic heterocycles. The summed E-state index contributed by atoms with van der Waals surface area (Å²) >= 11 is 0. The highest BCUT2D eigenvalue weighted by atomic mass is 28.4. The maximum absolute atomic E-state index is 9.41. The van der Waals surface area contributed by atoms with E-state index in [2.05, 4.69) is 13.8 Å². The van der Waals surface area contributed by atoms with Crippen LogP contribution in [0.25, 0.3) is 0 Å². The second kappa shape index (κ2) is 5.66. The second-order valence-corrected chi connectivity index (χ2v) is 5.12. The van der Waals surface area contributed by atoms with Gasteiger partial charge in [0.2, 0.25) is 0 Å². The summed E-state index contributed by atoms with van der Waals surface area (Å²) in [7, 11) is -0.504. The average molecular weight is 194 g/mol. The Morgan fingerprint density at radius 3 is 2.08 bits per heavy atom. The predicted molar refractivity (Wildman–Crippen MR) is 47.4 cm³/mol. The van der Waals surface area contributed by atoms with Gasteiger partial charge in [-0.25, -0.2) is 0 Å². The maximum Gasteiger partial charge on any atom is 0.676 e. The lowest BCUT2D eigenvalue weighted by Crippen LogP contribution is -2.44. The molecule has 0 bridgehead atoms. The van der Waals surface area contributed by atoms with Crippen molar-refractivity contribution < 1.29 is 18.1 Å². The molecular formula is C7H18O4Si. The fourth-order valence-electron chi connectivity index (χ4n) is 0.625. The highest BCUT2D eigenvalue weighted by Crippen LogP contribution is 2.06. The molecule has 0 spiro atoms. The molecule has 5 heteroatoms. The summed E-state index contributed by atoms with van der Waals surface area (Å²) in [6.07, 6.45) is 0.891. The third-order valence-corrected chi connectivity index (χ3v) is 3.10. The summed E-state index contributed by atoms with van der Waals surface area (Å²) in [5, 5.41) is 0. The normalized spacial score (nSPS) is 12.5. The molecule has 0 heterocycles. The maximum atomic E-state index is 9.41. The van der Waals surface area contributed by atoms with Crippen LogP contribution in [0.4, 0.5) is 0 Å². The molecule has 0 aliphatic rings. The Hall–Kier alpha value is 0.0569. The minimum absolute atomic E-state index is 0.474. The lowest BCUT2D eigenvalue weighted by Gasteiger charge is -2.19. The first-order chi connectivity index (χ1) is 5.54. The van der Waals surface area contributed by atoms with Crippen LogP contribution in [0.1, 0.15) is 20.3 Å². The molecule has 12 heavy (non-hydrogen) atoms. The first-order valence-corrected chi connectivity index (χ1v) is 5.68. The molecule has 0 saturated heterocycles. The summed E-state index contributed by atoms with van der Waals surface area (Å²) in [4.78, 5) is 9.41. The SMILES string of the molecule is CO[Si](O)(OC)OCCC(C)C. The molecule has 0 fully saturated rings. The standard InChI is InChI=1S/C7H18O4Si/c1-7(2)5-6-11-12(8,9-3)10-4/h7-8H,5-6H2,1-4H3. The van der Waals surface area contributed by atoms with E-state index in [-0.39, 0.29) is 0 Å². The van der Waals surface area contributed by atoms with E-state index >= 15 is 0 Å². The van der Waals surface area contributed by atoms with Gasteiger partial charge in [-0.05, 0) is 12.3 Å². The quantitative estimate of drug-likeness (QED) is 0.634. The Morgan fingerprint density at radius 2 is 1.75 bits per heavy atom. The molecule has 4 nitrogen and oxygen atoms in total. The molecular weight excluding hydrogens is 176 g/mol. The van der Waals surface area contributed by atoms with Crippen molar-refractivity contribution in [2.24, 2.45) is 5.92 Å². The van der Waals surface area contributed by atoms with Crippen LogP contribution in [0, 0.1) is 5.92 Å². The predicted octanol–water partition coefficient (Wildman–Crippen LogP) is 0.770. The van der Waals surface area contributed by atoms with Crippen molar-refractivity contribution in [3.05, 3.63) is 0 Å². The number of hydrogen-bond donors (Lipinski definition) is 1. The van der Waals surface area contributed by atoms with Gasteiger partial charge in [0, 0.05) is 20.8 Å². The smallest absolute Gasteiger partial charge is 0.367 e. The van der Waals surface area contributed by atoms with Crippen LogP contribution >= 0.6 is 0 Å². The van der Waals surface area contributed by atoms with E-state index in [1.807, 2.05) is 0 Å². The summed E-state index contributed by atoms with van der Waals surface area (Å²) < 4.78 is 14.5. The van der Waals surface area contributed by atoms with E-state index in [0.717, 1.165) is 6.42 Å². The Morgan fingerprint density at radius 1 is 1.25 bits per heavy atom. The molecule has 0 amide bonds. The molecule has 0 unspecified atom stereocenters.